The molecule has 1 fully saturated rings. The Balaban J connectivity index is 1.65. The van der Waals surface area contributed by atoms with Gasteiger partial charge in [-0.25, -0.2) is 15.0 Å². The number of likely N-dealkylation sites (N-methyl/N-ethyl adjacent to an activating group) is 1. The molecule has 0 spiro atoms. The first kappa shape index (κ1) is 20.6. The lowest BCUT2D eigenvalue weighted by Gasteiger charge is -2.30. The van der Waals surface area contributed by atoms with Crippen LogP contribution in [0.5, 0.6) is 0 Å². The Morgan fingerprint density at radius 3 is 2.53 bits per heavy atom. The van der Waals surface area contributed by atoms with Gasteiger partial charge in [0.05, 0.1) is 25.1 Å². The summed E-state index contributed by atoms with van der Waals surface area (Å²) < 4.78 is 7.10. The second-order valence-corrected chi connectivity index (χ2v) is 7.46. The minimum absolute atomic E-state index is 0.315. The number of hydrogen-bond donors (Lipinski definition) is 4. The molecule has 4 N–H and O–H groups in total. The average molecular weight is 415 g/mol. The van der Waals surface area contributed by atoms with Crippen LogP contribution in [0.15, 0.2) is 43.0 Å². The smallest absolute Gasteiger partial charge is 0.167 e. The van der Waals surface area contributed by atoms with Crippen molar-refractivity contribution in [1.29, 1.82) is 0 Å². The molecule has 3 heterocycles. The molecule has 0 amide bonds. The number of rotatable bonds is 6. The number of fused-ring (bicyclic) bond motifs is 1. The Labute approximate surface area is 173 Å². The summed E-state index contributed by atoms with van der Waals surface area (Å²) in [6.07, 6.45) is -2.22. The maximum atomic E-state index is 10.8. The second-order valence-electron chi connectivity index (χ2n) is 7.46. The van der Waals surface area contributed by atoms with E-state index in [1.165, 1.54) is 17.2 Å². The van der Waals surface area contributed by atoms with Crippen LogP contribution in [-0.4, -0.2) is 78.0 Å². The van der Waals surface area contributed by atoms with Gasteiger partial charge in [0, 0.05) is 7.05 Å². The Hall–Kier alpha value is -2.63. The molecule has 30 heavy (non-hydrogen) atoms. The topological polar surface area (TPSA) is 137 Å². The second kappa shape index (κ2) is 8.25. The molecule has 3 aromatic rings. The van der Waals surface area contributed by atoms with Gasteiger partial charge in [-0.05, 0) is 12.5 Å². The van der Waals surface area contributed by atoms with Crippen molar-refractivity contribution in [2.75, 3.05) is 18.6 Å². The van der Waals surface area contributed by atoms with Crippen molar-refractivity contribution in [3.8, 4) is 0 Å². The molecular weight excluding hydrogens is 390 g/mol. The van der Waals surface area contributed by atoms with Crippen molar-refractivity contribution in [2.45, 2.75) is 43.6 Å². The molecule has 160 valence electrons. The molecule has 6 atom stereocenters. The highest BCUT2D eigenvalue weighted by atomic mass is 16.6. The summed E-state index contributed by atoms with van der Waals surface area (Å²) in [4.78, 5) is 14.8. The van der Waals surface area contributed by atoms with E-state index in [0.29, 0.717) is 17.0 Å². The van der Waals surface area contributed by atoms with Crippen molar-refractivity contribution >= 4 is 17.0 Å². The third-order valence-corrected chi connectivity index (χ3v) is 5.67. The van der Waals surface area contributed by atoms with Crippen LogP contribution in [-0.2, 0) is 4.74 Å². The predicted molar refractivity (Wildman–Crippen MR) is 108 cm³/mol. The van der Waals surface area contributed by atoms with Gasteiger partial charge in [0.1, 0.15) is 24.6 Å². The molecule has 6 unspecified atom stereocenters. The van der Waals surface area contributed by atoms with Crippen LogP contribution in [0, 0.1) is 0 Å². The third-order valence-electron chi connectivity index (χ3n) is 5.67. The maximum Gasteiger partial charge on any atom is 0.167 e. The number of nitrogens with zero attached hydrogens (tertiary/aromatic N) is 5. The summed E-state index contributed by atoms with van der Waals surface area (Å²) in [5.74, 6) is 0.507. The summed E-state index contributed by atoms with van der Waals surface area (Å²) in [6, 6.07) is 9.04. The molecule has 1 aromatic carbocycles. The van der Waals surface area contributed by atoms with Crippen molar-refractivity contribution in [2.24, 2.45) is 0 Å². The van der Waals surface area contributed by atoms with E-state index in [2.05, 4.69) is 15.0 Å². The maximum absolute atomic E-state index is 10.8. The monoisotopic (exact) mass is 415 g/mol. The molecule has 1 saturated heterocycles. The lowest BCUT2D eigenvalue weighted by atomic mass is 10.0. The summed E-state index contributed by atoms with van der Waals surface area (Å²) in [6.45, 7) is 1.47. The zero-order valence-electron chi connectivity index (χ0n) is 16.6. The van der Waals surface area contributed by atoms with Gasteiger partial charge in [-0.15, -0.1) is 0 Å². The molecule has 10 heteroatoms. The van der Waals surface area contributed by atoms with Gasteiger partial charge < -0.3 is 30.1 Å². The third kappa shape index (κ3) is 3.42. The van der Waals surface area contributed by atoms with Crippen molar-refractivity contribution in [3.05, 3.63) is 48.5 Å². The first-order valence-corrected chi connectivity index (χ1v) is 9.69. The highest BCUT2D eigenvalue weighted by Crippen LogP contribution is 2.33. The van der Waals surface area contributed by atoms with E-state index in [0.717, 1.165) is 5.56 Å². The number of aliphatic hydroxyl groups is 4. The predicted octanol–water partition coefficient (Wildman–Crippen LogP) is -0.00390. The van der Waals surface area contributed by atoms with E-state index >= 15 is 0 Å². The fourth-order valence-electron chi connectivity index (χ4n) is 3.73. The van der Waals surface area contributed by atoms with Crippen LogP contribution in [0.4, 0.5) is 5.82 Å². The van der Waals surface area contributed by atoms with Crippen LogP contribution >= 0.6 is 0 Å². The number of hydrogen-bond acceptors (Lipinski definition) is 9. The molecule has 0 bridgehead atoms. The van der Waals surface area contributed by atoms with Crippen LogP contribution in [0.1, 0.15) is 24.8 Å². The van der Waals surface area contributed by atoms with Gasteiger partial charge in [-0.2, -0.15) is 0 Å². The molecule has 0 aliphatic carbocycles. The van der Waals surface area contributed by atoms with E-state index in [1.807, 2.05) is 49.2 Å². The zero-order valence-corrected chi connectivity index (χ0v) is 16.6. The quantitative estimate of drug-likeness (QED) is 0.438. The molecule has 1 aliphatic rings. The number of benzene rings is 1. The Bertz CT molecular complexity index is 1000. The largest absolute Gasteiger partial charge is 0.394 e. The molecule has 0 saturated carbocycles. The Kier molecular flexibility index (Phi) is 5.67. The number of ether oxygens (including phenoxy) is 1. The van der Waals surface area contributed by atoms with Crippen molar-refractivity contribution in [3.63, 3.8) is 0 Å². The van der Waals surface area contributed by atoms with Crippen LogP contribution in [0.3, 0.4) is 0 Å². The molecule has 2 aromatic heterocycles. The first-order valence-electron chi connectivity index (χ1n) is 9.69. The molecule has 1 aliphatic heterocycles. The first-order chi connectivity index (χ1) is 14.4. The number of aliphatic hydroxyl groups excluding tert-OH is 4. The van der Waals surface area contributed by atoms with E-state index in [-0.39, 0.29) is 6.04 Å². The van der Waals surface area contributed by atoms with Crippen LogP contribution in [0.25, 0.3) is 11.2 Å². The Morgan fingerprint density at radius 2 is 1.87 bits per heavy atom. The lowest BCUT2D eigenvalue weighted by Crippen LogP contribution is -2.35. The SMILES string of the molecule is CC(C(O)c1ccccc1)N(C)c1ncnc2c1ncn2C1OC(CO)C(O)C1O. The number of imidazole rings is 1. The van der Waals surface area contributed by atoms with Crippen molar-refractivity contribution in [1.82, 2.24) is 19.5 Å². The van der Waals surface area contributed by atoms with E-state index in [4.69, 9.17) is 4.74 Å². The standard InChI is InChI=1S/C20H25N5O5/c1-11(15(27)12-6-4-3-5-7-12)24(2)18-14-19(22-9-21-18)25(10-23-14)20-17(29)16(28)13(8-26)30-20/h3-7,9-11,13,15-17,20,26-29H,8H2,1-2H3. The van der Waals surface area contributed by atoms with Gasteiger partial charge in [0.25, 0.3) is 0 Å². The number of aromatic nitrogens is 4. The summed E-state index contributed by atoms with van der Waals surface area (Å²) >= 11 is 0. The normalized spacial score (nSPS) is 26.1. The lowest BCUT2D eigenvalue weighted by molar-refractivity contribution is -0.0511. The number of anilines is 1. The fraction of sp³-hybridized carbons (Fsp3) is 0.450. The highest BCUT2D eigenvalue weighted by molar-refractivity contribution is 5.83. The van der Waals surface area contributed by atoms with Gasteiger partial charge in [0.2, 0.25) is 0 Å². The Morgan fingerprint density at radius 1 is 1.13 bits per heavy atom. The summed E-state index contributed by atoms with van der Waals surface area (Å²) in [7, 11) is 1.81. The van der Waals surface area contributed by atoms with Crippen LogP contribution in [0.2, 0.25) is 0 Å². The van der Waals surface area contributed by atoms with E-state index < -0.39 is 37.3 Å². The minimum Gasteiger partial charge on any atom is -0.394 e. The summed E-state index contributed by atoms with van der Waals surface area (Å²) in [5, 5.41) is 40.5. The molecule has 0 radical (unpaired) electrons. The van der Waals surface area contributed by atoms with Gasteiger partial charge >= 0.3 is 0 Å². The van der Waals surface area contributed by atoms with E-state index in [9.17, 15) is 20.4 Å². The van der Waals surface area contributed by atoms with Crippen molar-refractivity contribution < 1.29 is 25.2 Å². The highest BCUT2D eigenvalue weighted by Gasteiger charge is 2.44. The summed E-state index contributed by atoms with van der Waals surface area (Å²) in [5.41, 5.74) is 1.66. The van der Waals surface area contributed by atoms with Gasteiger partial charge in [-0.3, -0.25) is 4.57 Å². The van der Waals surface area contributed by atoms with Gasteiger partial charge in [-0.1, -0.05) is 30.3 Å². The van der Waals surface area contributed by atoms with Gasteiger partial charge in [0.15, 0.2) is 23.2 Å². The van der Waals surface area contributed by atoms with Crippen LogP contribution < -0.4 is 4.90 Å². The molecular formula is C20H25N5O5. The molecule has 4 rings (SSSR count). The fourth-order valence-corrected chi connectivity index (χ4v) is 3.73. The molecule has 10 nitrogen and oxygen atoms in total. The zero-order chi connectivity index (χ0) is 21.4. The minimum atomic E-state index is -1.24. The average Bonchev–Trinajstić information content (AvgIpc) is 3.33. The van der Waals surface area contributed by atoms with E-state index in [1.54, 1.807) is 0 Å².